The van der Waals surface area contributed by atoms with Crippen LogP contribution in [0.1, 0.15) is 441 Å². The molecule has 3 N–H and O–H groups in total. The molecule has 0 radical (unpaired) electrons. The molecule has 0 saturated carbocycles. The largest absolute Gasteiger partial charge is 0.472 e. The monoisotopic (exact) mass is 1520 g/mol. The number of rotatable bonds is 82. The van der Waals surface area contributed by atoms with E-state index in [2.05, 4.69) is 55.4 Å². The Bertz CT molecular complexity index is 2030. The second-order valence-electron chi connectivity index (χ2n) is 32.0. The van der Waals surface area contributed by atoms with Gasteiger partial charge in [-0.25, -0.2) is 9.13 Å². The van der Waals surface area contributed by atoms with Gasteiger partial charge in [0.1, 0.15) is 19.3 Å². The zero-order valence-electron chi connectivity index (χ0n) is 68.7. The fourth-order valence-corrected chi connectivity index (χ4v) is 14.7. The predicted octanol–water partition coefficient (Wildman–Crippen LogP) is 25.6. The maximum Gasteiger partial charge on any atom is 0.472 e. The van der Waals surface area contributed by atoms with Gasteiger partial charge >= 0.3 is 39.5 Å². The number of phosphoric ester groups is 2. The molecule has 17 nitrogen and oxygen atoms in total. The first kappa shape index (κ1) is 102. The molecule has 0 aliphatic carbocycles. The SMILES string of the molecule is CCC(C)CCCCCCCCCCCCCCCCC(=O)OC[C@H](COP(=O)(O)OC[C@@H](O)COP(=O)(O)OC[C@@H](COC(=O)CCCCCCCCCCC(C)C)OC(=O)CCCCCCCCCCCCC(C)CC)OC(=O)CCCCCCCCCCCCCCCCCCCCC(C)C. The smallest absolute Gasteiger partial charge is 0.462 e. The van der Waals surface area contributed by atoms with Gasteiger partial charge in [-0.2, -0.15) is 0 Å². The third-order valence-corrected chi connectivity index (χ3v) is 22.4. The summed E-state index contributed by atoms with van der Waals surface area (Å²) in [6.07, 6.45) is 62.4. The van der Waals surface area contributed by atoms with Crippen molar-refractivity contribution in [1.29, 1.82) is 0 Å². The summed E-state index contributed by atoms with van der Waals surface area (Å²) in [5, 5.41) is 10.7. The molecular weight excluding hydrogens is 1350 g/mol. The van der Waals surface area contributed by atoms with Crippen molar-refractivity contribution in [2.75, 3.05) is 39.6 Å². The Morgan fingerprint density at radius 2 is 0.462 bits per heavy atom. The standard InChI is InChI=1S/C85H166O17P2/c1-9-77(7)63-55-47-39-30-24-20-17-18-21-25-32-41-49-57-65-82(87)95-71-80(101-84(89)67-59-51-43-33-26-22-16-14-12-11-13-15-19-23-29-37-45-53-61-75(3)4)73-99-103(91,92)97-69-79(86)70-98-104(93,94)100-74-81(72-96-83(88)66-58-50-42-36-35-38-46-54-62-76(5)6)102-85(90)68-60-52-44-34-28-27-31-40-48-56-64-78(8)10-2/h75-81,86H,9-74H2,1-8H3,(H,91,92)(H,93,94)/t77?,78?,79-,80-,81-/m1/s1. The van der Waals surface area contributed by atoms with Crippen molar-refractivity contribution in [3.05, 3.63) is 0 Å². The van der Waals surface area contributed by atoms with Gasteiger partial charge in [0, 0.05) is 25.7 Å². The van der Waals surface area contributed by atoms with Gasteiger partial charge in [-0.05, 0) is 49.4 Å². The lowest BCUT2D eigenvalue weighted by Gasteiger charge is -2.21. The van der Waals surface area contributed by atoms with Gasteiger partial charge in [-0.3, -0.25) is 37.3 Å². The van der Waals surface area contributed by atoms with E-state index in [0.29, 0.717) is 25.7 Å². The van der Waals surface area contributed by atoms with Crippen molar-refractivity contribution >= 4 is 39.5 Å². The molecule has 0 fully saturated rings. The molecule has 0 spiro atoms. The molecule has 0 heterocycles. The van der Waals surface area contributed by atoms with Crippen LogP contribution in [0.2, 0.25) is 0 Å². The number of hydrogen-bond acceptors (Lipinski definition) is 15. The predicted molar refractivity (Wildman–Crippen MR) is 428 cm³/mol. The number of ether oxygens (including phenoxy) is 4. The van der Waals surface area contributed by atoms with Crippen LogP contribution in [0.3, 0.4) is 0 Å². The number of aliphatic hydroxyl groups excluding tert-OH is 1. The summed E-state index contributed by atoms with van der Waals surface area (Å²) in [6.45, 7) is 14.4. The van der Waals surface area contributed by atoms with Crippen molar-refractivity contribution in [3.8, 4) is 0 Å². The fourth-order valence-electron chi connectivity index (χ4n) is 13.1. The first-order valence-corrected chi connectivity index (χ1v) is 46.8. The highest BCUT2D eigenvalue weighted by atomic mass is 31.2. The van der Waals surface area contributed by atoms with E-state index >= 15 is 0 Å². The Hall–Kier alpha value is -1.94. The van der Waals surface area contributed by atoms with Crippen LogP contribution in [-0.2, 0) is 65.4 Å². The summed E-state index contributed by atoms with van der Waals surface area (Å²) in [4.78, 5) is 73.2. The molecule has 4 unspecified atom stereocenters. The minimum atomic E-state index is -4.97. The Balaban J connectivity index is 5.25. The van der Waals surface area contributed by atoms with Crippen LogP contribution in [-0.4, -0.2) is 96.7 Å². The molecule has 0 aromatic carbocycles. The second kappa shape index (κ2) is 73.8. The summed E-state index contributed by atoms with van der Waals surface area (Å²) in [5.74, 6) is 1.09. The number of carbonyl (C=O) groups is 4. The molecule has 0 aliphatic rings. The molecule has 104 heavy (non-hydrogen) atoms. The van der Waals surface area contributed by atoms with Crippen LogP contribution < -0.4 is 0 Å². The average Bonchev–Trinajstić information content (AvgIpc) is 0.902. The molecule has 0 rings (SSSR count). The van der Waals surface area contributed by atoms with Gasteiger partial charge in [0.2, 0.25) is 0 Å². The molecule has 0 amide bonds. The highest BCUT2D eigenvalue weighted by Crippen LogP contribution is 2.45. The first-order chi connectivity index (χ1) is 50.2. The highest BCUT2D eigenvalue weighted by Gasteiger charge is 2.30. The molecule has 0 aromatic rings. The molecule has 618 valence electrons. The van der Waals surface area contributed by atoms with Crippen molar-refractivity contribution in [2.45, 2.75) is 459 Å². The Labute approximate surface area is 638 Å². The van der Waals surface area contributed by atoms with Gasteiger partial charge in [0.15, 0.2) is 12.2 Å². The molecule has 19 heteroatoms. The highest BCUT2D eigenvalue weighted by molar-refractivity contribution is 7.47. The normalized spacial score (nSPS) is 14.5. The molecule has 0 saturated heterocycles. The third-order valence-electron chi connectivity index (χ3n) is 20.5. The lowest BCUT2D eigenvalue weighted by Crippen LogP contribution is -2.30. The van der Waals surface area contributed by atoms with Crippen molar-refractivity contribution in [3.63, 3.8) is 0 Å². The lowest BCUT2D eigenvalue weighted by molar-refractivity contribution is -0.161. The number of hydrogen-bond donors (Lipinski definition) is 3. The van der Waals surface area contributed by atoms with Crippen LogP contribution in [0.4, 0.5) is 0 Å². The van der Waals surface area contributed by atoms with Crippen LogP contribution in [0.15, 0.2) is 0 Å². The first-order valence-electron chi connectivity index (χ1n) is 43.8. The molecular formula is C85H166O17P2. The molecule has 0 bridgehead atoms. The lowest BCUT2D eigenvalue weighted by atomic mass is 9.99. The van der Waals surface area contributed by atoms with Crippen molar-refractivity contribution < 1.29 is 80.2 Å². The van der Waals surface area contributed by atoms with E-state index in [9.17, 15) is 43.2 Å². The van der Waals surface area contributed by atoms with E-state index in [4.69, 9.17) is 37.0 Å². The van der Waals surface area contributed by atoms with Gasteiger partial charge < -0.3 is 33.8 Å². The van der Waals surface area contributed by atoms with Gasteiger partial charge in [0.25, 0.3) is 0 Å². The molecule has 0 aromatic heterocycles. The van der Waals surface area contributed by atoms with Crippen molar-refractivity contribution in [1.82, 2.24) is 0 Å². The molecule has 0 aliphatic heterocycles. The quantitative estimate of drug-likeness (QED) is 0.0222. The summed E-state index contributed by atoms with van der Waals surface area (Å²) in [7, 11) is -9.93. The number of unbranched alkanes of at least 4 members (excludes halogenated alkanes) is 46. The van der Waals surface area contributed by atoms with Gasteiger partial charge in [0.05, 0.1) is 26.4 Å². The third kappa shape index (κ3) is 75.5. The van der Waals surface area contributed by atoms with Crippen LogP contribution in [0.5, 0.6) is 0 Å². The topological polar surface area (TPSA) is 237 Å². The fraction of sp³-hybridized carbons (Fsp3) is 0.953. The average molecular weight is 1520 g/mol. The number of esters is 4. The van der Waals surface area contributed by atoms with E-state index in [-0.39, 0.29) is 25.7 Å². The summed E-state index contributed by atoms with van der Waals surface area (Å²) >= 11 is 0. The van der Waals surface area contributed by atoms with Gasteiger partial charge in [-0.15, -0.1) is 0 Å². The van der Waals surface area contributed by atoms with E-state index in [0.717, 1.165) is 114 Å². The van der Waals surface area contributed by atoms with Gasteiger partial charge in [-0.1, -0.05) is 389 Å². The summed E-state index contributed by atoms with van der Waals surface area (Å²) < 4.78 is 68.9. The second-order valence-corrected chi connectivity index (χ2v) is 34.9. The Kier molecular flexibility index (Phi) is 72.5. The van der Waals surface area contributed by atoms with E-state index < -0.39 is 97.5 Å². The van der Waals surface area contributed by atoms with Crippen molar-refractivity contribution in [2.24, 2.45) is 23.7 Å². The van der Waals surface area contributed by atoms with Crippen LogP contribution >= 0.6 is 15.6 Å². The zero-order chi connectivity index (χ0) is 76.7. The van der Waals surface area contributed by atoms with E-state index in [1.54, 1.807) is 0 Å². The van der Waals surface area contributed by atoms with E-state index in [1.165, 1.54) is 244 Å². The minimum Gasteiger partial charge on any atom is -0.462 e. The number of carbonyl (C=O) groups excluding carboxylic acids is 4. The summed E-state index contributed by atoms with van der Waals surface area (Å²) in [5.41, 5.74) is 0. The maximum absolute atomic E-state index is 13.1. The maximum atomic E-state index is 13.1. The number of phosphoric acid groups is 2. The van der Waals surface area contributed by atoms with Crippen LogP contribution in [0, 0.1) is 23.7 Å². The summed E-state index contributed by atoms with van der Waals surface area (Å²) in [6, 6.07) is 0. The van der Waals surface area contributed by atoms with Crippen LogP contribution in [0.25, 0.3) is 0 Å². The Morgan fingerprint density at radius 3 is 0.683 bits per heavy atom. The zero-order valence-corrected chi connectivity index (χ0v) is 70.5. The minimum absolute atomic E-state index is 0.106. The Morgan fingerprint density at radius 1 is 0.269 bits per heavy atom. The number of aliphatic hydroxyl groups is 1. The molecule has 7 atom stereocenters. The van der Waals surface area contributed by atoms with E-state index in [1.807, 2.05) is 0 Å².